The molecule has 0 aliphatic heterocycles. The number of unbranched alkanes of at least 4 members (excludes halogenated alkanes) is 2. The number of carbonyl (C=O) groups excluding carboxylic acids is 2. The summed E-state index contributed by atoms with van der Waals surface area (Å²) in [6.07, 6.45) is 6.94. The van der Waals surface area contributed by atoms with Gasteiger partial charge in [0, 0.05) is 0 Å². The van der Waals surface area contributed by atoms with Crippen LogP contribution in [0.2, 0.25) is 0 Å². The lowest BCUT2D eigenvalue weighted by Crippen LogP contribution is -2.24. The van der Waals surface area contributed by atoms with Gasteiger partial charge in [-0.15, -0.1) is 0 Å². The van der Waals surface area contributed by atoms with Gasteiger partial charge in [-0.25, -0.2) is 14.5 Å². The molecule has 0 radical (unpaired) electrons. The van der Waals surface area contributed by atoms with Crippen LogP contribution in [0.25, 0.3) is 0 Å². The fourth-order valence-electron chi connectivity index (χ4n) is 3.01. The van der Waals surface area contributed by atoms with Gasteiger partial charge in [-0.05, 0) is 62.1 Å². The van der Waals surface area contributed by atoms with Gasteiger partial charge < -0.3 is 4.74 Å². The predicted molar refractivity (Wildman–Crippen MR) is 95.2 cm³/mol. The molecule has 0 atom stereocenters. The minimum absolute atomic E-state index is 0.168. The van der Waals surface area contributed by atoms with E-state index in [4.69, 9.17) is 4.74 Å². The Kier molecular flexibility index (Phi) is 8.41. The van der Waals surface area contributed by atoms with E-state index in [1.165, 1.54) is 12.8 Å². The maximum Gasteiger partial charge on any atom is 0.543 e. The Morgan fingerprint density at radius 2 is 1.69 bits per heavy atom. The zero-order valence-corrected chi connectivity index (χ0v) is 15.6. The molecule has 1 aliphatic carbocycles. The third-order valence-corrected chi connectivity index (χ3v) is 4.70. The Morgan fingerprint density at radius 3 is 2.35 bits per heavy atom. The van der Waals surface area contributed by atoms with E-state index < -0.39 is 12.1 Å². The second-order valence-corrected chi connectivity index (χ2v) is 6.93. The first kappa shape index (κ1) is 20.2. The molecule has 1 fully saturated rings. The highest BCUT2D eigenvalue weighted by Gasteiger charge is 2.23. The van der Waals surface area contributed by atoms with Crippen LogP contribution in [0.4, 0.5) is 4.79 Å². The van der Waals surface area contributed by atoms with Crippen molar-refractivity contribution in [3.05, 3.63) is 35.4 Å². The quantitative estimate of drug-likeness (QED) is 0.275. The van der Waals surface area contributed by atoms with Gasteiger partial charge in [-0.1, -0.05) is 38.8 Å². The molecule has 0 heterocycles. The molecular formula is C20H28O6. The van der Waals surface area contributed by atoms with E-state index in [0.29, 0.717) is 11.5 Å². The van der Waals surface area contributed by atoms with Gasteiger partial charge in [0.1, 0.15) is 6.10 Å². The zero-order valence-electron chi connectivity index (χ0n) is 15.6. The van der Waals surface area contributed by atoms with Crippen molar-refractivity contribution in [2.24, 2.45) is 5.92 Å². The van der Waals surface area contributed by atoms with E-state index in [0.717, 1.165) is 44.1 Å². The summed E-state index contributed by atoms with van der Waals surface area (Å²) in [5, 5.41) is 4.26. The van der Waals surface area contributed by atoms with Crippen molar-refractivity contribution in [3.8, 4) is 0 Å². The molecule has 1 saturated carbocycles. The second-order valence-electron chi connectivity index (χ2n) is 6.93. The number of carbonyl (C=O) groups is 2. The molecule has 1 aliphatic rings. The van der Waals surface area contributed by atoms with Crippen LogP contribution in [0.3, 0.4) is 0 Å². The molecule has 2 rings (SSSR count). The molecule has 0 unspecified atom stereocenters. The van der Waals surface area contributed by atoms with Crippen LogP contribution in [-0.4, -0.2) is 18.2 Å². The van der Waals surface area contributed by atoms with Crippen molar-refractivity contribution in [1.29, 1.82) is 0 Å². The van der Waals surface area contributed by atoms with Crippen molar-refractivity contribution in [2.75, 3.05) is 0 Å². The normalized spacial score (nSPS) is 19.6. The fraction of sp³-hybridized carbons (Fsp3) is 0.600. The summed E-state index contributed by atoms with van der Waals surface area (Å²) in [6, 6.07) is 7.08. The van der Waals surface area contributed by atoms with E-state index >= 15 is 0 Å². The molecule has 0 N–H and O–H groups in total. The van der Waals surface area contributed by atoms with Crippen molar-refractivity contribution in [1.82, 2.24) is 0 Å². The summed E-state index contributed by atoms with van der Waals surface area (Å²) in [6.45, 7) is 4.33. The lowest BCUT2D eigenvalue weighted by Gasteiger charge is -2.24. The van der Waals surface area contributed by atoms with E-state index in [9.17, 15) is 9.59 Å². The van der Waals surface area contributed by atoms with Crippen LogP contribution < -0.4 is 0 Å². The largest absolute Gasteiger partial charge is 0.543 e. The van der Waals surface area contributed by atoms with Crippen molar-refractivity contribution in [2.45, 2.75) is 71.3 Å². The van der Waals surface area contributed by atoms with Crippen LogP contribution in [-0.2, 0) is 26.0 Å². The van der Waals surface area contributed by atoms with E-state index in [2.05, 4.69) is 28.7 Å². The number of hydrogen-bond donors (Lipinski definition) is 0. The average Bonchev–Trinajstić information content (AvgIpc) is 2.64. The van der Waals surface area contributed by atoms with Crippen LogP contribution in [0.1, 0.15) is 74.7 Å². The van der Waals surface area contributed by atoms with Gasteiger partial charge >= 0.3 is 12.1 Å². The van der Waals surface area contributed by atoms with E-state index in [1.807, 2.05) is 12.1 Å². The van der Waals surface area contributed by atoms with E-state index in [1.54, 1.807) is 12.1 Å². The SMILES string of the molecule is CCCCCc1ccc(C(=O)OOOC(=O)OC2CCC(C)CC2)cc1. The van der Waals surface area contributed by atoms with Gasteiger partial charge in [-0.2, -0.15) is 0 Å². The topological polar surface area (TPSA) is 71.1 Å². The first-order valence-corrected chi connectivity index (χ1v) is 9.43. The Labute approximate surface area is 154 Å². The molecule has 0 aromatic heterocycles. The smallest absolute Gasteiger partial charge is 0.429 e. The summed E-state index contributed by atoms with van der Waals surface area (Å²) < 4.78 is 5.11. The lowest BCUT2D eigenvalue weighted by atomic mass is 9.89. The molecule has 1 aromatic rings. The van der Waals surface area contributed by atoms with Crippen LogP contribution in [0, 0.1) is 5.92 Å². The molecule has 0 saturated heterocycles. The summed E-state index contributed by atoms with van der Waals surface area (Å²) in [5.74, 6) is -0.0782. The molecule has 0 bridgehead atoms. The molecular weight excluding hydrogens is 336 g/mol. The molecule has 26 heavy (non-hydrogen) atoms. The molecule has 6 heteroatoms. The van der Waals surface area contributed by atoms with Crippen LogP contribution >= 0.6 is 0 Å². The Morgan fingerprint density at radius 1 is 1.00 bits per heavy atom. The van der Waals surface area contributed by atoms with Gasteiger partial charge in [0.2, 0.25) is 0 Å². The van der Waals surface area contributed by atoms with Gasteiger partial charge in [0.05, 0.1) is 10.6 Å². The average molecular weight is 364 g/mol. The Bertz CT molecular complexity index is 560. The van der Waals surface area contributed by atoms with E-state index in [-0.39, 0.29) is 6.10 Å². The zero-order chi connectivity index (χ0) is 18.8. The maximum absolute atomic E-state index is 11.8. The summed E-state index contributed by atoms with van der Waals surface area (Å²) in [4.78, 5) is 32.2. The monoisotopic (exact) mass is 364 g/mol. The molecule has 0 spiro atoms. The first-order chi connectivity index (χ1) is 12.6. The minimum atomic E-state index is -0.997. The van der Waals surface area contributed by atoms with Crippen molar-refractivity contribution >= 4 is 12.1 Å². The minimum Gasteiger partial charge on any atom is -0.429 e. The standard InChI is InChI=1S/C20H28O6/c1-3-4-5-6-16-9-11-17(12-10-16)19(21)24-26-25-20(22)23-18-13-7-15(2)8-14-18/h9-12,15,18H,3-8,13-14H2,1-2H3. The Balaban J connectivity index is 1.65. The van der Waals surface area contributed by atoms with Gasteiger partial charge in [0.25, 0.3) is 0 Å². The number of aryl methyl sites for hydroxylation is 1. The third kappa shape index (κ3) is 7.04. The first-order valence-electron chi connectivity index (χ1n) is 9.43. The van der Waals surface area contributed by atoms with Crippen LogP contribution in [0.15, 0.2) is 24.3 Å². The predicted octanol–water partition coefficient (Wildman–Crippen LogP) is 5.15. The highest BCUT2D eigenvalue weighted by atomic mass is 17.5. The lowest BCUT2D eigenvalue weighted by molar-refractivity contribution is -0.453. The fourth-order valence-corrected chi connectivity index (χ4v) is 3.01. The summed E-state index contributed by atoms with van der Waals surface area (Å²) in [7, 11) is 0. The number of benzene rings is 1. The maximum atomic E-state index is 11.8. The summed E-state index contributed by atoms with van der Waals surface area (Å²) in [5.41, 5.74) is 1.49. The highest BCUT2D eigenvalue weighted by molar-refractivity contribution is 5.88. The Hall–Kier alpha value is -2.08. The molecule has 6 nitrogen and oxygen atoms in total. The number of ether oxygens (including phenoxy) is 1. The van der Waals surface area contributed by atoms with Crippen molar-refractivity contribution in [3.63, 3.8) is 0 Å². The van der Waals surface area contributed by atoms with Crippen LogP contribution in [0.5, 0.6) is 0 Å². The highest BCUT2D eigenvalue weighted by Crippen LogP contribution is 2.25. The number of hydrogen-bond acceptors (Lipinski definition) is 6. The van der Waals surface area contributed by atoms with Crippen molar-refractivity contribution < 1.29 is 29.1 Å². The van der Waals surface area contributed by atoms with Gasteiger partial charge in [0.15, 0.2) is 0 Å². The molecule has 1 aromatic carbocycles. The molecule has 0 amide bonds. The third-order valence-electron chi connectivity index (χ3n) is 4.70. The second kappa shape index (κ2) is 10.8. The molecule has 144 valence electrons. The summed E-state index contributed by atoms with van der Waals surface area (Å²) >= 11 is 0. The van der Waals surface area contributed by atoms with Gasteiger partial charge in [-0.3, -0.25) is 4.89 Å². The number of rotatable bonds is 8.